The van der Waals surface area contributed by atoms with Crippen LogP contribution in [0.15, 0.2) is 34.6 Å². The van der Waals surface area contributed by atoms with Gasteiger partial charge in [0.2, 0.25) is 0 Å². The molecule has 1 fully saturated rings. The minimum Gasteiger partial charge on any atom is -0.368 e. The van der Waals surface area contributed by atoms with E-state index in [0.29, 0.717) is 6.54 Å². The van der Waals surface area contributed by atoms with Gasteiger partial charge in [-0.15, -0.1) is 35.3 Å². The van der Waals surface area contributed by atoms with E-state index < -0.39 is 0 Å². The Morgan fingerprint density at radius 2 is 1.92 bits per heavy atom. The molecule has 0 bridgehead atoms. The van der Waals surface area contributed by atoms with Gasteiger partial charge >= 0.3 is 0 Å². The molecule has 1 saturated heterocycles. The maximum absolute atomic E-state index is 13.1. The van der Waals surface area contributed by atoms with Gasteiger partial charge in [-0.25, -0.2) is 9.37 Å². The van der Waals surface area contributed by atoms with Crippen LogP contribution in [0.5, 0.6) is 0 Å². The number of rotatable bonds is 4. The molecule has 142 valence electrons. The van der Waals surface area contributed by atoms with Gasteiger partial charge in [0.1, 0.15) is 5.82 Å². The highest BCUT2D eigenvalue weighted by atomic mass is 127. The van der Waals surface area contributed by atoms with Crippen LogP contribution in [0.25, 0.3) is 0 Å². The lowest BCUT2D eigenvalue weighted by Crippen LogP contribution is -2.52. The summed E-state index contributed by atoms with van der Waals surface area (Å²) in [6.45, 7) is 6.37. The Kier molecular flexibility index (Phi) is 8.08. The van der Waals surface area contributed by atoms with E-state index in [2.05, 4.69) is 37.4 Å². The van der Waals surface area contributed by atoms with Crippen molar-refractivity contribution in [2.45, 2.75) is 19.9 Å². The minimum atomic E-state index is -0.194. The predicted molar refractivity (Wildman–Crippen MR) is 117 cm³/mol. The summed E-state index contributed by atoms with van der Waals surface area (Å²) in [5.41, 5.74) is 2.13. The second-order valence-electron chi connectivity index (χ2n) is 5.94. The lowest BCUT2D eigenvalue weighted by atomic mass is 10.2. The molecular formula is C18H25FIN5S. The van der Waals surface area contributed by atoms with Crippen LogP contribution in [0.1, 0.15) is 17.6 Å². The van der Waals surface area contributed by atoms with Crippen molar-refractivity contribution in [3.63, 3.8) is 0 Å². The van der Waals surface area contributed by atoms with Crippen LogP contribution < -0.4 is 10.2 Å². The van der Waals surface area contributed by atoms with E-state index >= 15 is 0 Å². The number of aryl methyl sites for hydroxylation is 1. The van der Waals surface area contributed by atoms with Crippen LogP contribution >= 0.6 is 35.3 Å². The summed E-state index contributed by atoms with van der Waals surface area (Å²) in [5, 5.41) is 6.68. The Balaban J connectivity index is 0.00000243. The molecule has 26 heavy (non-hydrogen) atoms. The smallest absolute Gasteiger partial charge is 0.194 e. The monoisotopic (exact) mass is 489 g/mol. The van der Waals surface area contributed by atoms with Crippen molar-refractivity contribution < 1.29 is 4.39 Å². The van der Waals surface area contributed by atoms with Gasteiger partial charge in [0.05, 0.1) is 17.2 Å². The summed E-state index contributed by atoms with van der Waals surface area (Å²) in [4.78, 5) is 13.5. The molecule has 2 heterocycles. The van der Waals surface area contributed by atoms with E-state index in [1.807, 2.05) is 19.2 Å². The summed E-state index contributed by atoms with van der Waals surface area (Å²) in [6, 6.07) is 6.71. The number of guanidine groups is 1. The zero-order valence-corrected chi connectivity index (χ0v) is 18.3. The number of aliphatic imine (C=N–C) groups is 1. The lowest BCUT2D eigenvalue weighted by Gasteiger charge is -2.37. The number of thiazole rings is 1. The highest BCUT2D eigenvalue weighted by molar-refractivity contribution is 14.0. The SMILES string of the molecule is CCc1nc(CNC(=NC)N2CCN(c3ccc(F)cc3)CC2)cs1.I. The van der Waals surface area contributed by atoms with Gasteiger partial charge in [-0.3, -0.25) is 4.99 Å². The van der Waals surface area contributed by atoms with Gasteiger partial charge in [0.15, 0.2) is 5.96 Å². The number of nitrogens with zero attached hydrogens (tertiary/aromatic N) is 4. The van der Waals surface area contributed by atoms with Crippen LogP contribution in [0.4, 0.5) is 10.1 Å². The molecule has 1 aliphatic heterocycles. The van der Waals surface area contributed by atoms with E-state index in [9.17, 15) is 4.39 Å². The van der Waals surface area contributed by atoms with Crippen molar-refractivity contribution in [3.05, 3.63) is 46.2 Å². The molecular weight excluding hydrogens is 464 g/mol. The van der Waals surface area contributed by atoms with Gasteiger partial charge in [-0.1, -0.05) is 6.92 Å². The first-order valence-electron chi connectivity index (χ1n) is 8.59. The third-order valence-electron chi connectivity index (χ3n) is 4.31. The van der Waals surface area contributed by atoms with Crippen molar-refractivity contribution in [2.24, 2.45) is 4.99 Å². The molecule has 0 unspecified atom stereocenters. The predicted octanol–water partition coefficient (Wildman–Crippen LogP) is 3.36. The third-order valence-corrected chi connectivity index (χ3v) is 5.35. The minimum absolute atomic E-state index is 0. The number of hydrogen-bond donors (Lipinski definition) is 1. The summed E-state index contributed by atoms with van der Waals surface area (Å²) in [6.07, 6.45) is 0.977. The number of nitrogens with one attached hydrogen (secondary N) is 1. The van der Waals surface area contributed by atoms with Gasteiger partial charge in [0.25, 0.3) is 0 Å². The summed E-state index contributed by atoms with van der Waals surface area (Å²) in [7, 11) is 1.81. The first kappa shape index (κ1) is 20.9. The first-order chi connectivity index (χ1) is 12.2. The second kappa shape index (κ2) is 10.1. The fourth-order valence-electron chi connectivity index (χ4n) is 2.92. The van der Waals surface area contributed by atoms with E-state index in [4.69, 9.17) is 0 Å². The van der Waals surface area contributed by atoms with Crippen LogP contribution in [-0.2, 0) is 13.0 Å². The average Bonchev–Trinajstić information content (AvgIpc) is 3.11. The number of piperazine rings is 1. The fraction of sp³-hybridized carbons (Fsp3) is 0.444. The molecule has 8 heteroatoms. The zero-order valence-electron chi connectivity index (χ0n) is 15.1. The molecule has 2 aromatic rings. The summed E-state index contributed by atoms with van der Waals surface area (Å²) in [5.74, 6) is 0.713. The van der Waals surface area contributed by atoms with Crippen molar-refractivity contribution in [1.29, 1.82) is 0 Å². The average molecular weight is 489 g/mol. The molecule has 1 N–H and O–H groups in total. The van der Waals surface area contributed by atoms with E-state index in [0.717, 1.165) is 49.9 Å². The summed E-state index contributed by atoms with van der Waals surface area (Å²) < 4.78 is 13.1. The van der Waals surface area contributed by atoms with Crippen LogP contribution in [0, 0.1) is 5.82 Å². The Bertz CT molecular complexity index is 711. The molecule has 5 nitrogen and oxygen atoms in total. The normalized spacial score (nSPS) is 15.0. The fourth-order valence-corrected chi connectivity index (χ4v) is 3.67. The molecule has 3 rings (SSSR count). The molecule has 0 aliphatic carbocycles. The largest absolute Gasteiger partial charge is 0.368 e. The highest BCUT2D eigenvalue weighted by Gasteiger charge is 2.20. The van der Waals surface area contributed by atoms with Gasteiger partial charge < -0.3 is 15.1 Å². The molecule has 1 aromatic carbocycles. The Morgan fingerprint density at radius 1 is 1.23 bits per heavy atom. The Labute approximate surface area is 175 Å². The topological polar surface area (TPSA) is 43.8 Å². The first-order valence-corrected chi connectivity index (χ1v) is 9.47. The van der Waals surface area contributed by atoms with Crippen LogP contribution in [0.2, 0.25) is 0 Å². The molecule has 1 aliphatic rings. The number of hydrogen-bond acceptors (Lipinski definition) is 4. The molecule has 0 saturated carbocycles. The second-order valence-corrected chi connectivity index (χ2v) is 6.88. The van der Waals surface area contributed by atoms with E-state index in [-0.39, 0.29) is 29.8 Å². The Morgan fingerprint density at radius 3 is 2.50 bits per heavy atom. The quantitative estimate of drug-likeness (QED) is 0.407. The number of benzene rings is 1. The molecule has 0 atom stereocenters. The zero-order chi connectivity index (χ0) is 17.6. The van der Waals surface area contributed by atoms with Crippen molar-refractivity contribution in [3.8, 4) is 0 Å². The molecule has 0 amide bonds. The van der Waals surface area contributed by atoms with Gasteiger partial charge in [-0.05, 0) is 30.7 Å². The number of anilines is 1. The highest BCUT2D eigenvalue weighted by Crippen LogP contribution is 2.17. The van der Waals surface area contributed by atoms with E-state index in [1.54, 1.807) is 11.3 Å². The molecule has 1 aromatic heterocycles. The molecule has 0 spiro atoms. The number of aromatic nitrogens is 1. The lowest BCUT2D eigenvalue weighted by molar-refractivity contribution is 0.372. The van der Waals surface area contributed by atoms with Crippen LogP contribution in [-0.4, -0.2) is 49.1 Å². The maximum Gasteiger partial charge on any atom is 0.194 e. The standard InChI is InChI=1S/C18H24FN5S.HI/c1-3-17-22-15(13-25-17)12-21-18(20-2)24-10-8-23(9-11-24)16-6-4-14(19)5-7-16;/h4-7,13H,3,8-12H2,1-2H3,(H,20,21);1H. The Hall–Kier alpha value is -1.42. The maximum atomic E-state index is 13.1. The van der Waals surface area contributed by atoms with E-state index in [1.165, 1.54) is 17.1 Å². The van der Waals surface area contributed by atoms with Crippen LogP contribution in [0.3, 0.4) is 0 Å². The molecule has 0 radical (unpaired) electrons. The van der Waals surface area contributed by atoms with Crippen molar-refractivity contribution >= 4 is 47.0 Å². The van der Waals surface area contributed by atoms with Gasteiger partial charge in [-0.2, -0.15) is 0 Å². The van der Waals surface area contributed by atoms with Gasteiger partial charge in [0, 0.05) is 44.3 Å². The van der Waals surface area contributed by atoms with Crippen molar-refractivity contribution in [1.82, 2.24) is 15.2 Å². The third kappa shape index (κ3) is 5.29. The number of halogens is 2. The summed E-state index contributed by atoms with van der Waals surface area (Å²) >= 11 is 1.71. The van der Waals surface area contributed by atoms with Crippen molar-refractivity contribution in [2.75, 3.05) is 38.1 Å².